The first kappa shape index (κ1) is 33.4. The molecule has 0 saturated heterocycles. The predicted octanol–water partition coefficient (Wildman–Crippen LogP) is 15.7. The minimum atomic E-state index is 0.924. The Bertz CT molecular complexity index is 3190. The molecule has 266 valence electrons. The summed E-state index contributed by atoms with van der Waals surface area (Å²) in [6.45, 7) is 18.7. The lowest BCUT2D eigenvalue weighted by Gasteiger charge is -2.28. The van der Waals surface area contributed by atoms with Gasteiger partial charge < -0.3 is 4.42 Å². The van der Waals surface area contributed by atoms with Crippen LogP contribution in [0.2, 0.25) is 0 Å². The van der Waals surface area contributed by atoms with E-state index in [9.17, 15) is 0 Å². The summed E-state index contributed by atoms with van der Waals surface area (Å²) in [4.78, 5) is 0. The number of fused-ring (bicyclic) bond motifs is 7. The summed E-state index contributed by atoms with van der Waals surface area (Å²) in [5.41, 5.74) is 20.4. The number of furan rings is 1. The highest BCUT2D eigenvalue weighted by Gasteiger charge is 2.28. The van der Waals surface area contributed by atoms with Gasteiger partial charge in [0.2, 0.25) is 0 Å². The van der Waals surface area contributed by atoms with Crippen molar-refractivity contribution in [3.63, 3.8) is 0 Å². The standard InChI is InChI=1S/C54H44O/c1-29-31(3)35(7)50-48(33(29)5)53(43-28-27-42(40-20-11-12-21-41(40)43)39-23-15-18-37-17-9-10-19-38(37)39)49-34(6)30(2)32(4)36(8)51(49)54(50)45-24-16-26-47-52(45)44-22-13-14-25-46(44)55-47/h9-28H,1-8H3. The van der Waals surface area contributed by atoms with Crippen LogP contribution < -0.4 is 0 Å². The molecule has 9 aromatic carbocycles. The van der Waals surface area contributed by atoms with Crippen LogP contribution in [0, 0.1) is 55.4 Å². The normalized spacial score (nSPS) is 12.0. The van der Waals surface area contributed by atoms with Crippen molar-refractivity contribution < 1.29 is 4.42 Å². The van der Waals surface area contributed by atoms with E-state index in [1.54, 1.807) is 0 Å². The SMILES string of the molecule is Cc1c(C)c(C)c2c(-c3cccc4oc5ccccc5c34)c3c(C)c(C)c(C)c(C)c3c(-c3ccc(-c4cccc5ccccc45)c4ccccc34)c2c1C. The van der Waals surface area contributed by atoms with Crippen LogP contribution >= 0.6 is 0 Å². The Hall–Kier alpha value is -6.18. The van der Waals surface area contributed by atoms with Gasteiger partial charge in [0.05, 0.1) is 0 Å². The van der Waals surface area contributed by atoms with Crippen molar-refractivity contribution in [3.8, 4) is 33.4 Å². The van der Waals surface area contributed by atoms with E-state index in [-0.39, 0.29) is 0 Å². The number of hydrogen-bond acceptors (Lipinski definition) is 1. The average Bonchev–Trinajstić information content (AvgIpc) is 3.61. The third kappa shape index (κ3) is 4.59. The molecule has 1 heteroatoms. The van der Waals surface area contributed by atoms with Crippen LogP contribution in [-0.2, 0) is 0 Å². The van der Waals surface area contributed by atoms with Crippen molar-refractivity contribution in [2.24, 2.45) is 0 Å². The molecule has 0 spiro atoms. The maximum absolute atomic E-state index is 6.55. The Morgan fingerprint density at radius 1 is 0.273 bits per heavy atom. The summed E-state index contributed by atoms with van der Waals surface area (Å²) in [7, 11) is 0. The molecule has 10 aromatic rings. The molecule has 0 radical (unpaired) electrons. The zero-order valence-corrected chi connectivity index (χ0v) is 33.0. The molecule has 0 aliphatic carbocycles. The van der Waals surface area contributed by atoms with Crippen molar-refractivity contribution in [1.82, 2.24) is 0 Å². The van der Waals surface area contributed by atoms with Crippen molar-refractivity contribution in [2.45, 2.75) is 55.4 Å². The molecule has 0 fully saturated rings. The lowest BCUT2D eigenvalue weighted by Crippen LogP contribution is -2.04. The second-order valence-electron chi connectivity index (χ2n) is 15.8. The number of rotatable bonds is 3. The maximum atomic E-state index is 6.55. The smallest absolute Gasteiger partial charge is 0.136 e. The topological polar surface area (TPSA) is 13.1 Å². The Balaban J connectivity index is 1.45. The highest BCUT2D eigenvalue weighted by atomic mass is 16.3. The minimum Gasteiger partial charge on any atom is -0.456 e. The highest BCUT2D eigenvalue weighted by Crippen LogP contribution is 2.53. The van der Waals surface area contributed by atoms with Gasteiger partial charge in [-0.3, -0.25) is 0 Å². The van der Waals surface area contributed by atoms with Gasteiger partial charge in [-0.1, -0.05) is 109 Å². The van der Waals surface area contributed by atoms with Crippen LogP contribution in [0.25, 0.3) is 98.4 Å². The van der Waals surface area contributed by atoms with E-state index in [0.717, 1.165) is 16.6 Å². The van der Waals surface area contributed by atoms with Crippen molar-refractivity contribution in [3.05, 3.63) is 166 Å². The van der Waals surface area contributed by atoms with E-state index < -0.39 is 0 Å². The molecule has 0 aliphatic rings. The lowest BCUT2D eigenvalue weighted by atomic mass is 9.75. The third-order valence-electron chi connectivity index (χ3n) is 13.3. The van der Waals surface area contributed by atoms with E-state index in [1.165, 1.54) is 126 Å². The molecule has 0 N–H and O–H groups in total. The van der Waals surface area contributed by atoms with Gasteiger partial charge in [0, 0.05) is 10.8 Å². The van der Waals surface area contributed by atoms with E-state index in [1.807, 2.05) is 0 Å². The van der Waals surface area contributed by atoms with E-state index in [2.05, 4.69) is 177 Å². The molecule has 1 aromatic heterocycles. The predicted molar refractivity (Wildman–Crippen MR) is 238 cm³/mol. The summed E-state index contributed by atoms with van der Waals surface area (Å²) in [5, 5.41) is 12.8. The molecule has 0 atom stereocenters. The molecule has 10 rings (SSSR count). The first-order valence-electron chi connectivity index (χ1n) is 19.5. The molecular weight excluding hydrogens is 665 g/mol. The molecule has 1 heterocycles. The largest absolute Gasteiger partial charge is 0.456 e. The van der Waals surface area contributed by atoms with Crippen molar-refractivity contribution in [1.29, 1.82) is 0 Å². The van der Waals surface area contributed by atoms with Gasteiger partial charge in [0.15, 0.2) is 0 Å². The monoisotopic (exact) mass is 708 g/mol. The molecule has 0 saturated carbocycles. The van der Waals surface area contributed by atoms with E-state index >= 15 is 0 Å². The Kier molecular flexibility index (Phi) is 7.39. The fraction of sp³-hybridized carbons (Fsp3) is 0.148. The van der Waals surface area contributed by atoms with Gasteiger partial charge in [-0.05, 0) is 189 Å². The summed E-state index contributed by atoms with van der Waals surface area (Å²) in [5.74, 6) is 0. The Labute approximate surface area is 322 Å². The zero-order chi connectivity index (χ0) is 37.9. The summed E-state index contributed by atoms with van der Waals surface area (Å²) in [6.07, 6.45) is 0. The van der Waals surface area contributed by atoms with E-state index in [4.69, 9.17) is 4.42 Å². The average molecular weight is 709 g/mol. The molecule has 55 heavy (non-hydrogen) atoms. The highest BCUT2D eigenvalue weighted by molar-refractivity contribution is 6.30. The van der Waals surface area contributed by atoms with Gasteiger partial charge in [-0.2, -0.15) is 0 Å². The van der Waals surface area contributed by atoms with Gasteiger partial charge in [0.1, 0.15) is 11.2 Å². The minimum absolute atomic E-state index is 0.924. The van der Waals surface area contributed by atoms with Gasteiger partial charge in [0.25, 0.3) is 0 Å². The molecular formula is C54H44O. The first-order valence-corrected chi connectivity index (χ1v) is 19.5. The molecule has 1 nitrogen and oxygen atoms in total. The fourth-order valence-corrected chi connectivity index (χ4v) is 9.86. The first-order chi connectivity index (χ1) is 26.7. The van der Waals surface area contributed by atoms with Crippen LogP contribution in [0.5, 0.6) is 0 Å². The summed E-state index contributed by atoms with van der Waals surface area (Å²) in [6, 6.07) is 44.5. The quantitative estimate of drug-likeness (QED) is 0.167. The van der Waals surface area contributed by atoms with Gasteiger partial charge in [-0.25, -0.2) is 0 Å². The van der Waals surface area contributed by atoms with Gasteiger partial charge in [-0.15, -0.1) is 0 Å². The van der Waals surface area contributed by atoms with Crippen LogP contribution in [-0.4, -0.2) is 0 Å². The van der Waals surface area contributed by atoms with Crippen LogP contribution in [0.3, 0.4) is 0 Å². The Morgan fingerprint density at radius 2 is 0.673 bits per heavy atom. The molecule has 0 bridgehead atoms. The second-order valence-corrected chi connectivity index (χ2v) is 15.8. The van der Waals surface area contributed by atoms with Crippen LogP contribution in [0.15, 0.2) is 126 Å². The number of benzene rings is 9. The van der Waals surface area contributed by atoms with Crippen molar-refractivity contribution in [2.75, 3.05) is 0 Å². The van der Waals surface area contributed by atoms with Crippen LogP contribution in [0.1, 0.15) is 44.5 Å². The Morgan fingerprint density at radius 3 is 1.29 bits per heavy atom. The number of aryl methyl sites for hydroxylation is 4. The van der Waals surface area contributed by atoms with E-state index in [0.29, 0.717) is 0 Å². The summed E-state index contributed by atoms with van der Waals surface area (Å²) >= 11 is 0. The summed E-state index contributed by atoms with van der Waals surface area (Å²) < 4.78 is 6.55. The lowest BCUT2D eigenvalue weighted by molar-refractivity contribution is 0.669. The van der Waals surface area contributed by atoms with Crippen molar-refractivity contribution >= 4 is 65.0 Å². The van der Waals surface area contributed by atoms with Crippen LogP contribution in [0.4, 0.5) is 0 Å². The second kappa shape index (κ2) is 12.2. The number of hydrogen-bond donors (Lipinski definition) is 0. The molecule has 0 unspecified atom stereocenters. The fourth-order valence-electron chi connectivity index (χ4n) is 9.86. The molecule has 0 amide bonds. The maximum Gasteiger partial charge on any atom is 0.136 e. The molecule has 0 aliphatic heterocycles. The zero-order valence-electron chi connectivity index (χ0n) is 33.0. The third-order valence-corrected chi connectivity index (χ3v) is 13.3. The number of para-hydroxylation sites is 1. The van der Waals surface area contributed by atoms with Gasteiger partial charge >= 0.3 is 0 Å².